The fourth-order valence-corrected chi connectivity index (χ4v) is 2.14. The van der Waals surface area contributed by atoms with Crippen molar-refractivity contribution in [3.8, 4) is 0 Å². The van der Waals surface area contributed by atoms with E-state index in [-0.39, 0.29) is 0 Å². The van der Waals surface area contributed by atoms with Crippen molar-refractivity contribution in [2.45, 2.75) is 72.3 Å². The monoisotopic (exact) mass is 265 g/mol. The van der Waals surface area contributed by atoms with Gasteiger partial charge in [0.2, 0.25) is 0 Å². The van der Waals surface area contributed by atoms with E-state index >= 15 is 0 Å². The van der Waals surface area contributed by atoms with Gasteiger partial charge in [-0.15, -0.1) is 5.10 Å². The van der Waals surface area contributed by atoms with Crippen LogP contribution in [0.1, 0.15) is 65.0 Å². The van der Waals surface area contributed by atoms with Gasteiger partial charge in [-0.2, -0.15) is 0 Å². The number of aryl methyl sites for hydroxylation is 1. The van der Waals surface area contributed by atoms with Gasteiger partial charge in [0.15, 0.2) is 0 Å². The molecule has 0 bridgehead atoms. The van der Waals surface area contributed by atoms with Crippen LogP contribution in [0.25, 0.3) is 0 Å². The molecule has 0 spiro atoms. The molecule has 1 aromatic heterocycles. The van der Waals surface area contributed by atoms with E-state index in [9.17, 15) is 4.79 Å². The molecule has 0 fully saturated rings. The molecule has 4 heteroatoms. The van der Waals surface area contributed by atoms with Gasteiger partial charge >= 0.3 is 0 Å². The van der Waals surface area contributed by atoms with Gasteiger partial charge in [-0.25, -0.2) is 0 Å². The summed E-state index contributed by atoms with van der Waals surface area (Å²) in [7, 11) is 0. The molecule has 1 aromatic rings. The Balaban J connectivity index is 2.06. The maximum absolute atomic E-state index is 10.8. The van der Waals surface area contributed by atoms with Gasteiger partial charge < -0.3 is 4.79 Å². The second-order valence-corrected chi connectivity index (χ2v) is 5.79. The molecule has 0 saturated carbocycles. The lowest BCUT2D eigenvalue weighted by atomic mass is 10.1. The van der Waals surface area contributed by atoms with E-state index in [2.05, 4.69) is 30.4 Å². The minimum absolute atomic E-state index is 0.306. The summed E-state index contributed by atoms with van der Waals surface area (Å²) < 4.78 is 1.95. The van der Waals surface area contributed by atoms with Crippen LogP contribution in [-0.2, 0) is 17.8 Å². The molecule has 0 radical (unpaired) electrons. The fourth-order valence-electron chi connectivity index (χ4n) is 2.14. The summed E-state index contributed by atoms with van der Waals surface area (Å²) in [6.45, 7) is 7.01. The van der Waals surface area contributed by atoms with Gasteiger partial charge in [0, 0.05) is 19.2 Å². The van der Waals surface area contributed by atoms with Crippen LogP contribution in [0.2, 0.25) is 0 Å². The van der Waals surface area contributed by atoms with Crippen molar-refractivity contribution < 1.29 is 4.79 Å². The van der Waals surface area contributed by atoms with Crippen molar-refractivity contribution in [3.63, 3.8) is 0 Å². The van der Waals surface area contributed by atoms with Crippen LogP contribution in [0.4, 0.5) is 0 Å². The normalized spacial score (nSPS) is 11.2. The molecule has 1 rings (SSSR count). The van der Waals surface area contributed by atoms with Gasteiger partial charge in [-0.05, 0) is 32.1 Å². The Kier molecular flexibility index (Phi) is 7.38. The summed E-state index contributed by atoms with van der Waals surface area (Å²) in [5.74, 6) is 0.937. The second kappa shape index (κ2) is 8.83. The van der Waals surface area contributed by atoms with Crippen LogP contribution in [0, 0.1) is 5.92 Å². The molecule has 0 saturated heterocycles. The first-order chi connectivity index (χ1) is 9.08. The van der Waals surface area contributed by atoms with Gasteiger partial charge in [0.25, 0.3) is 0 Å². The molecule has 108 valence electrons. The minimum Gasteiger partial charge on any atom is -0.300 e. The number of hydrogen-bond donors (Lipinski definition) is 0. The van der Waals surface area contributed by atoms with Crippen molar-refractivity contribution in [1.82, 2.24) is 15.0 Å². The largest absolute Gasteiger partial charge is 0.300 e. The number of hydrogen-bond acceptors (Lipinski definition) is 3. The first-order valence-electron chi connectivity index (χ1n) is 7.46. The second-order valence-electron chi connectivity index (χ2n) is 5.79. The zero-order valence-corrected chi connectivity index (χ0v) is 12.6. The summed E-state index contributed by atoms with van der Waals surface area (Å²) >= 11 is 0. The standard InChI is InChI=1S/C15H27N3O/c1-13(2)11-15-12-18(17-16-15)10-8-6-4-5-7-9-14(3)19/h12-13H,4-11H2,1-3H3. The van der Waals surface area contributed by atoms with E-state index in [0.29, 0.717) is 11.7 Å². The summed E-state index contributed by atoms with van der Waals surface area (Å²) in [6.07, 6.45) is 9.57. The van der Waals surface area contributed by atoms with Crippen LogP contribution in [-0.4, -0.2) is 20.8 Å². The molecule has 0 aliphatic heterocycles. The number of Topliss-reactive ketones (excluding diaryl/α,β-unsaturated/α-hetero) is 1. The SMILES string of the molecule is CC(=O)CCCCCCCn1cc(CC(C)C)nn1. The molecular weight excluding hydrogens is 238 g/mol. The highest BCUT2D eigenvalue weighted by atomic mass is 16.1. The zero-order chi connectivity index (χ0) is 14.1. The zero-order valence-electron chi connectivity index (χ0n) is 12.6. The smallest absolute Gasteiger partial charge is 0.129 e. The Hall–Kier alpha value is -1.19. The molecule has 0 amide bonds. The summed E-state index contributed by atoms with van der Waals surface area (Å²) in [5.41, 5.74) is 1.09. The molecule has 1 heterocycles. The van der Waals surface area contributed by atoms with Crippen LogP contribution in [0.15, 0.2) is 6.20 Å². The Morgan fingerprint density at radius 1 is 1.21 bits per heavy atom. The topological polar surface area (TPSA) is 47.8 Å². The number of carbonyl (C=O) groups excluding carboxylic acids is 1. The molecular formula is C15H27N3O. The van der Waals surface area contributed by atoms with E-state index in [1.165, 1.54) is 12.8 Å². The van der Waals surface area contributed by atoms with Crippen LogP contribution >= 0.6 is 0 Å². The number of rotatable bonds is 10. The average molecular weight is 265 g/mol. The molecule has 0 aromatic carbocycles. The van der Waals surface area contributed by atoms with Crippen LogP contribution in [0.3, 0.4) is 0 Å². The Labute approximate surface area is 116 Å². The summed E-state index contributed by atoms with van der Waals surface area (Å²) in [6, 6.07) is 0. The van der Waals surface area contributed by atoms with Gasteiger partial charge in [0.1, 0.15) is 5.78 Å². The quantitative estimate of drug-likeness (QED) is 0.609. The third kappa shape index (κ3) is 7.75. The lowest BCUT2D eigenvalue weighted by molar-refractivity contribution is -0.117. The summed E-state index contributed by atoms with van der Waals surface area (Å²) in [5, 5.41) is 8.33. The molecule has 0 N–H and O–H groups in total. The lowest BCUT2D eigenvalue weighted by Crippen LogP contribution is -1.99. The van der Waals surface area contributed by atoms with E-state index in [0.717, 1.165) is 44.3 Å². The molecule has 0 aliphatic carbocycles. The van der Waals surface area contributed by atoms with Crippen molar-refractivity contribution in [1.29, 1.82) is 0 Å². The average Bonchev–Trinajstić information content (AvgIpc) is 2.74. The third-order valence-electron chi connectivity index (χ3n) is 3.12. The number of nitrogens with zero attached hydrogens (tertiary/aromatic N) is 3. The van der Waals surface area contributed by atoms with E-state index in [1.807, 2.05) is 4.68 Å². The van der Waals surface area contributed by atoms with Crippen molar-refractivity contribution in [2.75, 3.05) is 0 Å². The Bertz CT molecular complexity index is 371. The number of ketones is 1. The van der Waals surface area contributed by atoms with Crippen LogP contribution < -0.4 is 0 Å². The van der Waals surface area contributed by atoms with Crippen molar-refractivity contribution in [2.24, 2.45) is 5.92 Å². The van der Waals surface area contributed by atoms with Crippen molar-refractivity contribution in [3.05, 3.63) is 11.9 Å². The molecule has 0 aliphatic rings. The van der Waals surface area contributed by atoms with Gasteiger partial charge in [0.05, 0.1) is 5.69 Å². The highest BCUT2D eigenvalue weighted by Gasteiger charge is 2.03. The fraction of sp³-hybridized carbons (Fsp3) is 0.800. The Morgan fingerprint density at radius 2 is 1.89 bits per heavy atom. The molecule has 0 unspecified atom stereocenters. The highest BCUT2D eigenvalue weighted by molar-refractivity contribution is 5.75. The molecule has 4 nitrogen and oxygen atoms in total. The number of carbonyl (C=O) groups is 1. The van der Waals surface area contributed by atoms with E-state index < -0.39 is 0 Å². The lowest BCUT2D eigenvalue weighted by Gasteiger charge is -2.01. The predicted octanol–water partition coefficient (Wildman–Crippen LogP) is 3.41. The maximum atomic E-state index is 10.8. The summed E-state index contributed by atoms with van der Waals surface area (Å²) in [4.78, 5) is 10.8. The minimum atomic E-state index is 0.306. The Morgan fingerprint density at radius 3 is 2.58 bits per heavy atom. The molecule has 0 atom stereocenters. The number of aromatic nitrogens is 3. The predicted molar refractivity (Wildman–Crippen MR) is 76.9 cm³/mol. The highest BCUT2D eigenvalue weighted by Crippen LogP contribution is 2.08. The van der Waals surface area contributed by atoms with Crippen LogP contribution in [0.5, 0.6) is 0 Å². The third-order valence-corrected chi connectivity index (χ3v) is 3.12. The van der Waals surface area contributed by atoms with Gasteiger partial charge in [-0.1, -0.05) is 38.3 Å². The first-order valence-corrected chi connectivity index (χ1v) is 7.46. The van der Waals surface area contributed by atoms with E-state index in [1.54, 1.807) is 6.92 Å². The van der Waals surface area contributed by atoms with Gasteiger partial charge in [-0.3, -0.25) is 4.68 Å². The maximum Gasteiger partial charge on any atom is 0.129 e. The first kappa shape index (κ1) is 15.9. The number of unbranched alkanes of at least 4 members (excludes halogenated alkanes) is 4. The molecule has 19 heavy (non-hydrogen) atoms. The van der Waals surface area contributed by atoms with Crippen molar-refractivity contribution >= 4 is 5.78 Å². The van der Waals surface area contributed by atoms with E-state index in [4.69, 9.17) is 0 Å².